The third-order valence-corrected chi connectivity index (χ3v) is 5.03. The van der Waals surface area contributed by atoms with E-state index in [1.807, 2.05) is 0 Å². The Morgan fingerprint density at radius 1 is 1.25 bits per heavy atom. The summed E-state index contributed by atoms with van der Waals surface area (Å²) < 4.78 is 24.8. The lowest BCUT2D eigenvalue weighted by Gasteiger charge is -2.35. The van der Waals surface area contributed by atoms with Gasteiger partial charge < -0.3 is 10.0 Å². The molecular weight excluding hydrogens is 284 g/mol. The lowest BCUT2D eigenvalue weighted by atomic mass is 10.0. The Kier molecular flexibility index (Phi) is 4.33. The topological polar surface area (TPSA) is 95.0 Å². The number of amides is 1. The van der Waals surface area contributed by atoms with E-state index in [-0.39, 0.29) is 18.5 Å². The average Bonchev–Trinajstić information content (AvgIpc) is 3.18. The fraction of sp³-hybridized carbons (Fsp3) is 0.833. The molecule has 1 saturated heterocycles. The number of carboxylic acids is 1. The number of rotatable bonds is 5. The van der Waals surface area contributed by atoms with Crippen LogP contribution >= 0.6 is 0 Å². The molecule has 2 rings (SSSR count). The van der Waals surface area contributed by atoms with Gasteiger partial charge in [-0.25, -0.2) is 8.42 Å². The van der Waals surface area contributed by atoms with Gasteiger partial charge in [0.05, 0.1) is 6.26 Å². The predicted molar refractivity (Wildman–Crippen MR) is 71.6 cm³/mol. The van der Waals surface area contributed by atoms with Crippen molar-refractivity contribution in [2.45, 2.75) is 44.2 Å². The number of carboxylic acid groups (broad SMARTS) is 1. The summed E-state index contributed by atoms with van der Waals surface area (Å²) in [5, 5.41) is 8.91. The van der Waals surface area contributed by atoms with Gasteiger partial charge in [0, 0.05) is 12.6 Å². The largest absolute Gasteiger partial charge is 0.480 e. The van der Waals surface area contributed by atoms with Gasteiger partial charge in [-0.3, -0.25) is 9.59 Å². The van der Waals surface area contributed by atoms with Crippen LogP contribution in [0, 0.1) is 0 Å². The Morgan fingerprint density at radius 3 is 2.40 bits per heavy atom. The van der Waals surface area contributed by atoms with Gasteiger partial charge in [0.15, 0.2) is 0 Å². The molecule has 0 aromatic heterocycles. The van der Waals surface area contributed by atoms with Crippen LogP contribution in [0.5, 0.6) is 0 Å². The van der Waals surface area contributed by atoms with Gasteiger partial charge in [-0.1, -0.05) is 6.42 Å². The third kappa shape index (κ3) is 3.49. The maximum atomic E-state index is 12.5. The molecule has 20 heavy (non-hydrogen) atoms. The second-order valence-electron chi connectivity index (χ2n) is 5.48. The first-order chi connectivity index (χ1) is 9.30. The van der Waals surface area contributed by atoms with Gasteiger partial charge in [0.1, 0.15) is 12.6 Å². The van der Waals surface area contributed by atoms with Crippen molar-refractivity contribution in [2.75, 3.05) is 19.3 Å². The van der Waals surface area contributed by atoms with Crippen molar-refractivity contribution in [3.05, 3.63) is 0 Å². The standard InChI is InChI=1S/C12H20N2O5S/c1-20(18,19)14-7-3-2-4-10(14)12(17)13(8-11(15)16)9-5-6-9/h9-10H,2-8H2,1H3,(H,15,16). The van der Waals surface area contributed by atoms with Crippen molar-refractivity contribution >= 4 is 21.9 Å². The molecule has 1 aliphatic carbocycles. The summed E-state index contributed by atoms with van der Waals surface area (Å²) in [5.41, 5.74) is 0. The number of carbonyl (C=O) groups excluding carboxylic acids is 1. The minimum atomic E-state index is -3.45. The zero-order valence-corrected chi connectivity index (χ0v) is 12.3. The number of aliphatic carboxylic acids is 1. The number of hydrogen-bond acceptors (Lipinski definition) is 4. The fourth-order valence-corrected chi connectivity index (χ4v) is 3.78. The lowest BCUT2D eigenvalue weighted by Crippen LogP contribution is -2.54. The highest BCUT2D eigenvalue weighted by Crippen LogP contribution is 2.30. The van der Waals surface area contributed by atoms with Gasteiger partial charge in [-0.05, 0) is 25.7 Å². The Labute approximate surface area is 118 Å². The Hall–Kier alpha value is -1.15. The van der Waals surface area contributed by atoms with Crippen LogP contribution in [0.1, 0.15) is 32.1 Å². The quantitative estimate of drug-likeness (QED) is 0.764. The SMILES string of the molecule is CS(=O)(=O)N1CCCCC1C(=O)N(CC(=O)O)C1CC1. The summed E-state index contributed by atoms with van der Waals surface area (Å²) in [6.07, 6.45) is 4.68. The van der Waals surface area contributed by atoms with Gasteiger partial charge in [0.25, 0.3) is 0 Å². The highest BCUT2D eigenvalue weighted by atomic mass is 32.2. The van der Waals surface area contributed by atoms with Crippen LogP contribution in [0.25, 0.3) is 0 Å². The highest BCUT2D eigenvalue weighted by Gasteiger charge is 2.41. The minimum absolute atomic E-state index is 0.0399. The number of nitrogens with zero attached hydrogens (tertiary/aromatic N) is 2. The monoisotopic (exact) mass is 304 g/mol. The van der Waals surface area contributed by atoms with E-state index in [1.54, 1.807) is 0 Å². The number of carbonyl (C=O) groups is 2. The lowest BCUT2D eigenvalue weighted by molar-refractivity contribution is -0.147. The molecule has 1 unspecified atom stereocenters. The van der Waals surface area contributed by atoms with Crippen LogP contribution in [-0.4, -0.2) is 66.0 Å². The Morgan fingerprint density at radius 2 is 1.90 bits per heavy atom. The van der Waals surface area contributed by atoms with Crippen LogP contribution in [0.15, 0.2) is 0 Å². The molecule has 2 fully saturated rings. The van der Waals surface area contributed by atoms with E-state index in [0.717, 1.165) is 31.9 Å². The van der Waals surface area contributed by atoms with Gasteiger partial charge in [-0.2, -0.15) is 4.31 Å². The van der Waals surface area contributed by atoms with E-state index >= 15 is 0 Å². The molecule has 0 aromatic carbocycles. The zero-order valence-electron chi connectivity index (χ0n) is 11.5. The molecule has 1 N–H and O–H groups in total. The summed E-state index contributed by atoms with van der Waals surface area (Å²) in [6.45, 7) is -0.0155. The van der Waals surface area contributed by atoms with Gasteiger partial charge in [-0.15, -0.1) is 0 Å². The summed E-state index contributed by atoms with van der Waals surface area (Å²) in [4.78, 5) is 24.7. The first-order valence-corrected chi connectivity index (χ1v) is 8.64. The van der Waals surface area contributed by atoms with Crippen LogP contribution in [0.2, 0.25) is 0 Å². The maximum absolute atomic E-state index is 12.5. The second-order valence-corrected chi connectivity index (χ2v) is 7.41. The third-order valence-electron chi connectivity index (χ3n) is 3.74. The van der Waals surface area contributed by atoms with Crippen molar-refractivity contribution in [2.24, 2.45) is 0 Å². The van der Waals surface area contributed by atoms with Gasteiger partial charge >= 0.3 is 5.97 Å². The molecule has 1 atom stereocenters. The molecule has 0 spiro atoms. The number of sulfonamides is 1. The molecule has 0 aromatic rings. The Bertz CT molecular complexity index is 500. The fourth-order valence-electron chi connectivity index (χ4n) is 2.66. The summed E-state index contributed by atoms with van der Waals surface area (Å²) in [7, 11) is -3.45. The smallest absolute Gasteiger partial charge is 0.323 e. The molecule has 7 nitrogen and oxygen atoms in total. The first kappa shape index (κ1) is 15.2. The normalized spacial score (nSPS) is 24.4. The molecule has 1 heterocycles. The van der Waals surface area contributed by atoms with Crippen LogP contribution in [0.3, 0.4) is 0 Å². The molecule has 0 radical (unpaired) electrons. The first-order valence-electron chi connectivity index (χ1n) is 6.80. The van der Waals surface area contributed by atoms with Crippen LogP contribution < -0.4 is 0 Å². The second kappa shape index (κ2) is 5.69. The molecule has 0 bridgehead atoms. The van der Waals surface area contributed by atoms with Crippen molar-refractivity contribution in [1.82, 2.24) is 9.21 Å². The highest BCUT2D eigenvalue weighted by molar-refractivity contribution is 7.88. The van der Waals surface area contributed by atoms with E-state index in [9.17, 15) is 18.0 Å². The van der Waals surface area contributed by atoms with E-state index in [0.29, 0.717) is 13.0 Å². The van der Waals surface area contributed by atoms with Crippen LogP contribution in [-0.2, 0) is 19.6 Å². The van der Waals surface area contributed by atoms with Crippen molar-refractivity contribution in [3.63, 3.8) is 0 Å². The molecule has 1 saturated carbocycles. The van der Waals surface area contributed by atoms with E-state index < -0.39 is 22.0 Å². The van der Waals surface area contributed by atoms with Crippen molar-refractivity contribution in [3.8, 4) is 0 Å². The average molecular weight is 304 g/mol. The Balaban J connectivity index is 2.17. The molecule has 114 valence electrons. The van der Waals surface area contributed by atoms with Crippen molar-refractivity contribution < 1.29 is 23.1 Å². The molecular formula is C12H20N2O5S. The minimum Gasteiger partial charge on any atom is -0.480 e. The molecule has 2 aliphatic rings. The van der Waals surface area contributed by atoms with Gasteiger partial charge in [0.2, 0.25) is 15.9 Å². The number of piperidine rings is 1. The summed E-state index contributed by atoms with van der Waals surface area (Å²) in [6, 6.07) is -0.777. The van der Waals surface area contributed by atoms with Crippen molar-refractivity contribution in [1.29, 1.82) is 0 Å². The maximum Gasteiger partial charge on any atom is 0.323 e. The molecule has 8 heteroatoms. The van der Waals surface area contributed by atoms with E-state index in [2.05, 4.69) is 0 Å². The summed E-state index contributed by atoms with van der Waals surface area (Å²) in [5.74, 6) is -1.42. The van der Waals surface area contributed by atoms with E-state index in [4.69, 9.17) is 5.11 Å². The van der Waals surface area contributed by atoms with Crippen LogP contribution in [0.4, 0.5) is 0 Å². The predicted octanol–water partition coefficient (Wildman–Crippen LogP) is -0.124. The van der Waals surface area contributed by atoms with E-state index in [1.165, 1.54) is 9.21 Å². The zero-order chi connectivity index (χ0) is 14.9. The molecule has 1 aliphatic heterocycles. The number of hydrogen-bond donors (Lipinski definition) is 1. The molecule has 1 amide bonds. The summed E-state index contributed by atoms with van der Waals surface area (Å²) >= 11 is 0.